The second-order valence-electron chi connectivity index (χ2n) is 4.42. The van der Waals surface area contributed by atoms with Crippen LogP contribution in [0.1, 0.15) is 11.1 Å². The molecule has 21 heavy (non-hydrogen) atoms. The maximum absolute atomic E-state index is 12.8. The van der Waals surface area contributed by atoms with Crippen LogP contribution < -0.4 is 0 Å². The van der Waals surface area contributed by atoms with Crippen LogP contribution in [0.2, 0.25) is 0 Å². The summed E-state index contributed by atoms with van der Waals surface area (Å²) in [5.74, 6) is 1.24. The van der Waals surface area contributed by atoms with E-state index in [1.165, 1.54) is 12.1 Å². The van der Waals surface area contributed by atoms with Crippen molar-refractivity contribution in [3.05, 3.63) is 71.5 Å². The van der Waals surface area contributed by atoms with E-state index in [1.54, 1.807) is 36.4 Å². The van der Waals surface area contributed by atoms with Gasteiger partial charge in [-0.2, -0.15) is 0 Å². The summed E-state index contributed by atoms with van der Waals surface area (Å²) in [4.78, 5) is 15.2. The molecule has 0 aromatic heterocycles. The molecule has 1 N–H and O–H groups in total. The third kappa shape index (κ3) is 4.41. The van der Waals surface area contributed by atoms with Crippen LogP contribution in [-0.2, 0) is 11.2 Å². The first-order chi connectivity index (χ1) is 10.2. The molecule has 0 atom stereocenters. The van der Waals surface area contributed by atoms with Crippen LogP contribution in [0.15, 0.2) is 59.6 Å². The molecule has 0 bridgehead atoms. The summed E-state index contributed by atoms with van der Waals surface area (Å²) in [6.45, 7) is 0.398. The van der Waals surface area contributed by atoms with Crippen LogP contribution >= 0.6 is 0 Å². The number of nitrogens with zero attached hydrogens (tertiary/aromatic N) is 1. The highest BCUT2D eigenvalue weighted by molar-refractivity contribution is 6.25. The normalized spacial score (nSPS) is 9.76. The first kappa shape index (κ1) is 14.7. The van der Waals surface area contributed by atoms with Gasteiger partial charge in [0.05, 0.1) is 6.54 Å². The largest absolute Gasteiger partial charge is 0.477 e. The number of hydrogen-bond donors (Lipinski definition) is 1. The Balaban J connectivity index is 2.08. The first-order valence-corrected chi connectivity index (χ1v) is 6.49. The minimum absolute atomic E-state index is 0.0368. The van der Waals surface area contributed by atoms with Crippen molar-refractivity contribution in [1.82, 2.24) is 0 Å². The van der Waals surface area contributed by atoms with E-state index in [1.807, 2.05) is 6.07 Å². The Hall–Kier alpha value is -2.71. The molecule has 0 saturated heterocycles. The number of halogens is 1. The summed E-state index contributed by atoms with van der Waals surface area (Å²) in [7, 11) is 0. The molecule has 0 unspecified atom stereocenters. The van der Waals surface area contributed by atoms with Gasteiger partial charge in [0.15, 0.2) is 0 Å². The van der Waals surface area contributed by atoms with E-state index in [-0.39, 0.29) is 11.4 Å². The maximum Gasteiger partial charge on any atom is 0.345 e. The third-order valence-corrected chi connectivity index (χ3v) is 2.89. The fourth-order valence-corrected chi connectivity index (χ4v) is 1.81. The number of carboxylic acid groups (broad SMARTS) is 1. The van der Waals surface area contributed by atoms with Crippen LogP contribution in [0.5, 0.6) is 0 Å². The quantitative estimate of drug-likeness (QED) is 0.676. The molecule has 3 nitrogen and oxygen atoms in total. The molecule has 0 saturated carbocycles. The average Bonchev–Trinajstić information content (AvgIpc) is 2.49. The van der Waals surface area contributed by atoms with Crippen molar-refractivity contribution in [2.45, 2.75) is 6.42 Å². The van der Waals surface area contributed by atoms with Crippen molar-refractivity contribution < 1.29 is 14.3 Å². The van der Waals surface area contributed by atoms with Crippen LogP contribution in [-0.4, -0.2) is 23.5 Å². The number of carboxylic acids is 1. The molecule has 0 radical (unpaired) electrons. The van der Waals surface area contributed by atoms with Gasteiger partial charge in [-0.3, -0.25) is 0 Å². The fraction of sp³-hybridized carbons (Fsp3) is 0.118. The Morgan fingerprint density at radius 2 is 1.76 bits per heavy atom. The zero-order valence-corrected chi connectivity index (χ0v) is 11.3. The van der Waals surface area contributed by atoms with Crippen LogP contribution in [0, 0.1) is 5.82 Å². The van der Waals surface area contributed by atoms with E-state index in [4.69, 9.17) is 0 Å². The summed E-state index contributed by atoms with van der Waals surface area (Å²) < 4.78 is 12.8. The van der Waals surface area contributed by atoms with Crippen LogP contribution in [0.4, 0.5) is 4.39 Å². The highest BCUT2D eigenvalue weighted by Crippen LogP contribution is 2.10. The molecule has 2 aromatic carbocycles. The predicted molar refractivity (Wildman–Crippen MR) is 79.9 cm³/mol. The zero-order valence-electron chi connectivity index (χ0n) is 11.3. The Morgan fingerprint density at radius 3 is 2.38 bits per heavy atom. The van der Waals surface area contributed by atoms with E-state index in [2.05, 4.69) is 10.9 Å². The van der Waals surface area contributed by atoms with Gasteiger partial charge in [-0.1, -0.05) is 42.5 Å². The number of aliphatic carboxylic acids is 1. The number of aliphatic imine (C=N–C) groups is 1. The third-order valence-electron chi connectivity index (χ3n) is 2.89. The summed E-state index contributed by atoms with van der Waals surface area (Å²) in [5.41, 5.74) is 1.55. The Bertz CT molecular complexity index is 672. The molecule has 0 aliphatic heterocycles. The molecular formula is C17H14FNO2. The lowest BCUT2D eigenvalue weighted by atomic mass is 10.1. The maximum atomic E-state index is 12.8. The Morgan fingerprint density at radius 1 is 1.10 bits per heavy atom. The standard InChI is InChI=1S/C17H14FNO2/c18-15-8-6-13(7-9-15)10-11-19-12-16(17(20)21)14-4-2-1-3-5-14/h1-9H,10-11H2,(H,20,21). The van der Waals surface area contributed by atoms with E-state index >= 15 is 0 Å². The van der Waals surface area contributed by atoms with Crippen molar-refractivity contribution in [2.75, 3.05) is 6.54 Å². The van der Waals surface area contributed by atoms with Gasteiger partial charge in [0.2, 0.25) is 0 Å². The minimum atomic E-state index is -1.06. The zero-order chi connectivity index (χ0) is 15.1. The molecule has 0 aliphatic carbocycles. The summed E-state index contributed by atoms with van der Waals surface area (Å²) in [5, 5.41) is 9.17. The monoisotopic (exact) mass is 283 g/mol. The molecule has 2 rings (SSSR count). The van der Waals surface area contributed by atoms with E-state index < -0.39 is 5.97 Å². The van der Waals surface area contributed by atoms with Crippen molar-refractivity contribution in [1.29, 1.82) is 0 Å². The van der Waals surface area contributed by atoms with Crippen LogP contribution in [0.25, 0.3) is 5.57 Å². The lowest BCUT2D eigenvalue weighted by Crippen LogP contribution is -2.00. The van der Waals surface area contributed by atoms with Gasteiger partial charge in [0, 0.05) is 0 Å². The molecular weight excluding hydrogens is 269 g/mol. The van der Waals surface area contributed by atoms with Crippen LogP contribution in [0.3, 0.4) is 0 Å². The number of hydrogen-bond acceptors (Lipinski definition) is 2. The SMILES string of the molecule is O=C(O)C(=C=NCCc1ccc(F)cc1)c1ccccc1. The topological polar surface area (TPSA) is 49.7 Å². The predicted octanol–water partition coefficient (Wildman–Crippen LogP) is 3.21. The van der Waals surface area contributed by atoms with Crippen molar-refractivity contribution in [3.8, 4) is 0 Å². The first-order valence-electron chi connectivity index (χ1n) is 6.49. The number of benzene rings is 2. The Labute approximate surface area is 122 Å². The Kier molecular flexibility index (Phi) is 5.02. The fourth-order valence-electron chi connectivity index (χ4n) is 1.81. The highest BCUT2D eigenvalue weighted by Gasteiger charge is 2.08. The van der Waals surface area contributed by atoms with E-state index in [0.29, 0.717) is 18.5 Å². The lowest BCUT2D eigenvalue weighted by Gasteiger charge is -1.98. The molecule has 0 fully saturated rings. The smallest absolute Gasteiger partial charge is 0.345 e. The molecule has 4 heteroatoms. The molecule has 0 spiro atoms. The van der Waals surface area contributed by atoms with Crippen molar-refractivity contribution in [3.63, 3.8) is 0 Å². The summed E-state index contributed by atoms with van der Waals surface area (Å²) >= 11 is 0. The average molecular weight is 283 g/mol. The van der Waals surface area contributed by atoms with Gasteiger partial charge < -0.3 is 5.11 Å². The summed E-state index contributed by atoms with van der Waals surface area (Å²) in [6, 6.07) is 14.9. The highest BCUT2D eigenvalue weighted by atomic mass is 19.1. The second-order valence-corrected chi connectivity index (χ2v) is 4.42. The van der Waals surface area contributed by atoms with Crippen molar-refractivity contribution in [2.24, 2.45) is 4.99 Å². The van der Waals surface area contributed by atoms with Gasteiger partial charge >= 0.3 is 5.97 Å². The van der Waals surface area contributed by atoms with Gasteiger partial charge in [-0.05, 0) is 35.6 Å². The van der Waals surface area contributed by atoms with E-state index in [0.717, 1.165) is 5.56 Å². The van der Waals surface area contributed by atoms with E-state index in [9.17, 15) is 14.3 Å². The van der Waals surface area contributed by atoms with Gasteiger partial charge in [-0.15, -0.1) is 0 Å². The van der Waals surface area contributed by atoms with Gasteiger partial charge in [0.25, 0.3) is 0 Å². The number of rotatable bonds is 5. The van der Waals surface area contributed by atoms with Gasteiger partial charge in [0.1, 0.15) is 11.4 Å². The second kappa shape index (κ2) is 7.17. The lowest BCUT2D eigenvalue weighted by molar-refractivity contribution is -0.130. The van der Waals surface area contributed by atoms with Crippen molar-refractivity contribution >= 4 is 17.4 Å². The number of carbonyl (C=O) groups is 1. The minimum Gasteiger partial charge on any atom is -0.477 e. The molecule has 2 aromatic rings. The molecule has 0 heterocycles. The molecule has 106 valence electrons. The van der Waals surface area contributed by atoms with Gasteiger partial charge in [-0.25, -0.2) is 14.2 Å². The summed E-state index contributed by atoms with van der Waals surface area (Å²) in [6.07, 6.45) is 0.606. The molecule has 0 aliphatic rings. The molecule has 0 amide bonds.